The van der Waals surface area contributed by atoms with Crippen LogP contribution in [0.2, 0.25) is 0 Å². The van der Waals surface area contributed by atoms with Gasteiger partial charge < -0.3 is 0 Å². The molecule has 27 heavy (non-hydrogen) atoms. The smallest absolute Gasteiger partial charge is 0.258 e. The van der Waals surface area contributed by atoms with Gasteiger partial charge in [-0.25, -0.2) is 0 Å². The largest absolute Gasteiger partial charge is 0.453 e. The first-order valence-electron chi connectivity index (χ1n) is 8.13. The predicted molar refractivity (Wildman–Crippen MR) is 91.6 cm³/mol. The molecular formula is C16H15F3N8. The average molecular weight is 376 g/mol. The zero-order valence-electron chi connectivity index (χ0n) is 14.4. The average Bonchev–Trinajstić information content (AvgIpc) is 3.28. The van der Waals surface area contributed by atoms with Gasteiger partial charge in [-0.3, -0.25) is 5.43 Å². The van der Waals surface area contributed by atoms with Gasteiger partial charge in [-0.2, -0.15) is 28.3 Å². The molecule has 3 heterocycles. The van der Waals surface area contributed by atoms with Gasteiger partial charge >= 0.3 is 6.18 Å². The van der Waals surface area contributed by atoms with E-state index in [2.05, 4.69) is 45.2 Å². The Morgan fingerprint density at radius 1 is 1.00 bits per heavy atom. The standard InChI is InChI=1S/C16H15F3N8/c1-9(2)10-3-5-11(6-4-10)14-21-25-27(24-14)13-8-7-12-20-22-15(16(17,18)19)26(12)23-13/h3-9,25H,1-2H3,(H,21,24). The molecule has 3 aromatic rings. The lowest BCUT2D eigenvalue weighted by atomic mass is 10.0. The van der Waals surface area contributed by atoms with Crippen LogP contribution in [0, 0.1) is 0 Å². The first kappa shape index (κ1) is 17.1. The lowest BCUT2D eigenvalue weighted by Gasteiger charge is -2.16. The molecule has 1 aliphatic heterocycles. The molecular weight excluding hydrogens is 361 g/mol. The fourth-order valence-electron chi connectivity index (χ4n) is 2.59. The third-order valence-electron chi connectivity index (χ3n) is 4.06. The van der Waals surface area contributed by atoms with E-state index in [-0.39, 0.29) is 11.5 Å². The highest BCUT2D eigenvalue weighted by Crippen LogP contribution is 2.27. The van der Waals surface area contributed by atoms with Gasteiger partial charge in [0, 0.05) is 5.56 Å². The number of nitrogens with one attached hydrogen (secondary N) is 2. The van der Waals surface area contributed by atoms with Crippen LogP contribution in [0.15, 0.2) is 41.5 Å². The van der Waals surface area contributed by atoms with Crippen molar-refractivity contribution in [1.29, 1.82) is 0 Å². The number of alkyl halides is 3. The molecule has 0 amide bonds. The number of fused-ring (bicyclic) bond motifs is 1. The summed E-state index contributed by atoms with van der Waals surface area (Å²) in [5.41, 5.74) is 7.67. The van der Waals surface area contributed by atoms with Crippen molar-refractivity contribution in [3.8, 4) is 0 Å². The van der Waals surface area contributed by atoms with Crippen LogP contribution in [-0.4, -0.2) is 25.6 Å². The van der Waals surface area contributed by atoms with Gasteiger partial charge in [-0.15, -0.1) is 20.4 Å². The Kier molecular flexibility index (Phi) is 3.86. The Balaban J connectivity index is 1.57. The SMILES string of the molecule is CC(C)c1ccc(C2=NNN(c3ccc4nnc(C(F)(F)F)n4n3)N2)cc1. The van der Waals surface area contributed by atoms with Crippen LogP contribution >= 0.6 is 0 Å². The summed E-state index contributed by atoms with van der Waals surface area (Å²) in [6.07, 6.45) is -4.66. The zero-order chi connectivity index (χ0) is 19.2. The number of hydrogen-bond donors (Lipinski definition) is 2. The van der Waals surface area contributed by atoms with Gasteiger partial charge in [0.25, 0.3) is 5.82 Å². The van der Waals surface area contributed by atoms with Crippen LogP contribution in [0.25, 0.3) is 5.65 Å². The number of halogens is 3. The van der Waals surface area contributed by atoms with Gasteiger partial charge in [0.1, 0.15) is 0 Å². The minimum Gasteiger partial charge on any atom is -0.258 e. The van der Waals surface area contributed by atoms with Gasteiger partial charge in [0.05, 0.1) is 0 Å². The van der Waals surface area contributed by atoms with Crippen molar-refractivity contribution in [3.63, 3.8) is 0 Å². The molecule has 2 N–H and O–H groups in total. The Morgan fingerprint density at radius 2 is 1.74 bits per heavy atom. The summed E-state index contributed by atoms with van der Waals surface area (Å²) in [6.45, 7) is 4.21. The summed E-state index contributed by atoms with van der Waals surface area (Å²) in [5, 5.41) is 16.1. The fourth-order valence-corrected chi connectivity index (χ4v) is 2.59. The molecule has 0 radical (unpaired) electrons. The van der Waals surface area contributed by atoms with Crippen LogP contribution in [-0.2, 0) is 6.18 Å². The number of hydrazine groups is 2. The molecule has 1 aliphatic rings. The van der Waals surface area contributed by atoms with E-state index in [0.29, 0.717) is 16.3 Å². The molecule has 0 bridgehead atoms. The Morgan fingerprint density at radius 3 is 2.41 bits per heavy atom. The van der Waals surface area contributed by atoms with Crippen LogP contribution in [0.1, 0.15) is 36.7 Å². The van der Waals surface area contributed by atoms with E-state index >= 15 is 0 Å². The highest BCUT2D eigenvalue weighted by atomic mass is 19.4. The first-order valence-corrected chi connectivity index (χ1v) is 8.13. The zero-order valence-corrected chi connectivity index (χ0v) is 14.4. The summed E-state index contributed by atoms with van der Waals surface area (Å²) >= 11 is 0. The van der Waals surface area contributed by atoms with Crippen molar-refractivity contribution in [2.75, 3.05) is 5.12 Å². The van der Waals surface area contributed by atoms with Crippen molar-refractivity contribution in [1.82, 2.24) is 30.8 Å². The van der Waals surface area contributed by atoms with E-state index in [0.717, 1.165) is 5.56 Å². The quantitative estimate of drug-likeness (QED) is 0.731. The highest BCUT2D eigenvalue weighted by Gasteiger charge is 2.38. The summed E-state index contributed by atoms with van der Waals surface area (Å²) in [6, 6.07) is 10.7. The first-order chi connectivity index (χ1) is 12.8. The fraction of sp³-hybridized carbons (Fsp3) is 0.250. The predicted octanol–water partition coefficient (Wildman–Crippen LogP) is 2.46. The summed E-state index contributed by atoms with van der Waals surface area (Å²) in [7, 11) is 0. The topological polar surface area (TPSA) is 82.7 Å². The number of amidine groups is 1. The van der Waals surface area contributed by atoms with Crippen LogP contribution in [0.3, 0.4) is 0 Å². The van der Waals surface area contributed by atoms with Crippen LogP contribution in [0.4, 0.5) is 19.0 Å². The van der Waals surface area contributed by atoms with Crippen molar-refractivity contribution in [2.45, 2.75) is 25.9 Å². The van der Waals surface area contributed by atoms with Crippen molar-refractivity contribution in [3.05, 3.63) is 53.3 Å². The second-order valence-electron chi connectivity index (χ2n) is 6.27. The maximum absolute atomic E-state index is 13.0. The number of aromatic nitrogens is 4. The molecule has 140 valence electrons. The molecule has 0 aliphatic carbocycles. The van der Waals surface area contributed by atoms with E-state index in [4.69, 9.17) is 0 Å². The van der Waals surface area contributed by atoms with Gasteiger partial charge in [0.2, 0.25) is 0 Å². The minimum atomic E-state index is -4.66. The van der Waals surface area contributed by atoms with Crippen molar-refractivity contribution in [2.24, 2.45) is 5.10 Å². The third kappa shape index (κ3) is 3.11. The summed E-state index contributed by atoms with van der Waals surface area (Å²) in [5.74, 6) is -0.0870. The second kappa shape index (κ2) is 6.11. The van der Waals surface area contributed by atoms with Crippen LogP contribution < -0.4 is 16.1 Å². The summed E-state index contributed by atoms with van der Waals surface area (Å²) < 4.78 is 39.7. The lowest BCUT2D eigenvalue weighted by Crippen LogP contribution is -2.42. The number of anilines is 1. The Bertz CT molecular complexity index is 1010. The minimum absolute atomic E-state index is 0.00399. The van der Waals surface area contributed by atoms with Crippen LogP contribution in [0.5, 0.6) is 0 Å². The molecule has 0 atom stereocenters. The normalized spacial score (nSPS) is 14.4. The van der Waals surface area contributed by atoms with Gasteiger partial charge in [-0.1, -0.05) is 38.1 Å². The number of hydrogen-bond acceptors (Lipinski definition) is 7. The molecule has 2 aromatic heterocycles. The molecule has 0 saturated carbocycles. The molecule has 0 unspecified atom stereocenters. The number of benzene rings is 1. The number of hydrazone groups is 1. The van der Waals surface area contributed by atoms with E-state index in [1.54, 1.807) is 0 Å². The molecule has 8 nitrogen and oxygen atoms in total. The third-order valence-corrected chi connectivity index (χ3v) is 4.06. The lowest BCUT2D eigenvalue weighted by molar-refractivity contribution is -0.146. The monoisotopic (exact) mass is 376 g/mol. The highest BCUT2D eigenvalue weighted by molar-refractivity contribution is 6.00. The van der Waals surface area contributed by atoms with E-state index < -0.39 is 12.0 Å². The number of rotatable bonds is 3. The second-order valence-corrected chi connectivity index (χ2v) is 6.27. The molecule has 0 fully saturated rings. The molecule has 0 spiro atoms. The van der Waals surface area contributed by atoms with Crippen molar-refractivity contribution >= 4 is 17.3 Å². The molecule has 4 rings (SSSR count). The van der Waals surface area contributed by atoms with E-state index in [9.17, 15) is 13.2 Å². The Labute approximate surface area is 151 Å². The van der Waals surface area contributed by atoms with Gasteiger partial charge in [0.15, 0.2) is 17.3 Å². The molecule has 0 saturated heterocycles. The maximum atomic E-state index is 13.0. The van der Waals surface area contributed by atoms with Crippen molar-refractivity contribution < 1.29 is 13.2 Å². The van der Waals surface area contributed by atoms with Gasteiger partial charge in [-0.05, 0) is 23.6 Å². The Hall–Kier alpha value is -3.37. The van der Waals surface area contributed by atoms with E-state index in [1.165, 1.54) is 22.8 Å². The number of nitrogens with zero attached hydrogens (tertiary/aromatic N) is 6. The van der Waals surface area contributed by atoms with E-state index in [1.807, 2.05) is 24.3 Å². The molecule has 11 heteroatoms. The summed E-state index contributed by atoms with van der Waals surface area (Å²) in [4.78, 5) is 0. The maximum Gasteiger partial charge on any atom is 0.453 e. The molecule has 1 aromatic carbocycles.